The second-order valence-corrected chi connectivity index (χ2v) is 5.27. The van der Waals surface area contributed by atoms with Crippen LogP contribution in [0.15, 0.2) is 51.1 Å². The van der Waals surface area contributed by atoms with Crippen LogP contribution in [-0.2, 0) is 0 Å². The summed E-state index contributed by atoms with van der Waals surface area (Å²) in [5, 5.41) is 0.770. The van der Waals surface area contributed by atoms with Gasteiger partial charge in [0.05, 0.1) is 5.02 Å². The molecule has 1 heterocycles. The van der Waals surface area contributed by atoms with Crippen LogP contribution in [0.4, 0.5) is 5.69 Å². The second-order valence-electron chi connectivity index (χ2n) is 4.04. The molecule has 0 amide bonds. The summed E-state index contributed by atoms with van der Waals surface area (Å²) in [6, 6.07) is 8.78. The van der Waals surface area contributed by atoms with Gasteiger partial charge in [-0.25, -0.2) is 9.79 Å². The van der Waals surface area contributed by atoms with E-state index >= 15 is 0 Å². The van der Waals surface area contributed by atoms with E-state index in [2.05, 4.69) is 11.6 Å². The molecule has 0 aliphatic heterocycles. The lowest BCUT2D eigenvalue weighted by Crippen LogP contribution is -2.08. The van der Waals surface area contributed by atoms with E-state index in [4.69, 9.17) is 21.8 Å². The number of rotatable bonds is 3. The molecule has 1 aromatic heterocycles. The van der Waals surface area contributed by atoms with Gasteiger partial charge in [0.25, 0.3) is 0 Å². The SMILES string of the molecule is C=Cc1cc(-c2ccccc2Cl)oc(=O)c1N=C(N)SC. The molecule has 0 unspecified atom stereocenters. The van der Waals surface area contributed by atoms with Crippen LogP contribution in [0.5, 0.6) is 0 Å². The molecule has 2 aromatic rings. The molecule has 0 saturated carbocycles. The van der Waals surface area contributed by atoms with Gasteiger partial charge in [0.1, 0.15) is 5.76 Å². The molecule has 108 valence electrons. The Morgan fingerprint density at radius 3 is 2.81 bits per heavy atom. The number of amidine groups is 1. The van der Waals surface area contributed by atoms with Gasteiger partial charge in [0.2, 0.25) is 0 Å². The van der Waals surface area contributed by atoms with E-state index in [9.17, 15) is 4.79 Å². The Bertz CT molecular complexity index is 769. The molecule has 0 atom stereocenters. The highest BCUT2D eigenvalue weighted by molar-refractivity contribution is 8.13. The van der Waals surface area contributed by atoms with Gasteiger partial charge < -0.3 is 10.2 Å². The standard InChI is InChI=1S/C15H13ClN2O2S/c1-3-9-8-12(10-6-4-5-7-11(10)16)20-14(19)13(9)18-15(17)21-2/h3-8H,1H2,2H3,(H2,17,18). The van der Waals surface area contributed by atoms with E-state index < -0.39 is 5.63 Å². The monoisotopic (exact) mass is 320 g/mol. The van der Waals surface area contributed by atoms with Crippen molar-refractivity contribution in [2.45, 2.75) is 0 Å². The minimum Gasteiger partial charge on any atom is -0.421 e. The highest BCUT2D eigenvalue weighted by Gasteiger charge is 2.13. The average Bonchev–Trinajstić information content (AvgIpc) is 2.49. The number of nitrogens with zero attached hydrogens (tertiary/aromatic N) is 1. The number of hydrogen-bond donors (Lipinski definition) is 1. The van der Waals surface area contributed by atoms with Crippen LogP contribution < -0.4 is 11.4 Å². The third-order valence-electron chi connectivity index (χ3n) is 2.75. The fraction of sp³-hybridized carbons (Fsp3) is 0.0667. The highest BCUT2D eigenvalue weighted by atomic mass is 35.5. The summed E-state index contributed by atoms with van der Waals surface area (Å²) in [4.78, 5) is 16.2. The molecule has 0 saturated heterocycles. The van der Waals surface area contributed by atoms with E-state index in [0.29, 0.717) is 21.9 Å². The summed E-state index contributed by atoms with van der Waals surface area (Å²) in [5.74, 6) is 0.363. The topological polar surface area (TPSA) is 68.6 Å². The maximum atomic E-state index is 12.1. The molecule has 4 nitrogen and oxygen atoms in total. The molecule has 0 fully saturated rings. The Labute approximate surface area is 131 Å². The third kappa shape index (κ3) is 3.37. The fourth-order valence-corrected chi connectivity index (χ4v) is 2.13. The number of halogens is 1. The molecule has 0 spiro atoms. The van der Waals surface area contributed by atoms with E-state index in [0.717, 1.165) is 0 Å². The lowest BCUT2D eigenvalue weighted by Gasteiger charge is -2.06. The molecular weight excluding hydrogens is 308 g/mol. The van der Waals surface area contributed by atoms with Crippen LogP contribution in [0.1, 0.15) is 5.56 Å². The normalized spacial score (nSPS) is 11.4. The Morgan fingerprint density at radius 2 is 2.19 bits per heavy atom. The predicted molar refractivity (Wildman–Crippen MR) is 90.3 cm³/mol. The number of hydrogen-bond acceptors (Lipinski definition) is 4. The molecule has 21 heavy (non-hydrogen) atoms. The Balaban J connectivity index is 2.65. The maximum Gasteiger partial charge on any atom is 0.363 e. The van der Waals surface area contributed by atoms with Crippen molar-refractivity contribution in [1.29, 1.82) is 0 Å². The smallest absolute Gasteiger partial charge is 0.363 e. The molecule has 0 bridgehead atoms. The van der Waals surface area contributed by atoms with Crippen LogP contribution in [0.3, 0.4) is 0 Å². The van der Waals surface area contributed by atoms with Gasteiger partial charge in [0.15, 0.2) is 10.9 Å². The Hall–Kier alpha value is -1.98. The van der Waals surface area contributed by atoms with E-state index in [1.54, 1.807) is 30.5 Å². The van der Waals surface area contributed by atoms with Crippen molar-refractivity contribution >= 4 is 40.3 Å². The zero-order valence-electron chi connectivity index (χ0n) is 11.3. The minimum absolute atomic E-state index is 0.132. The van der Waals surface area contributed by atoms with E-state index in [1.165, 1.54) is 17.8 Å². The van der Waals surface area contributed by atoms with Crippen molar-refractivity contribution in [1.82, 2.24) is 0 Å². The van der Waals surface area contributed by atoms with Gasteiger partial charge >= 0.3 is 5.63 Å². The third-order valence-corrected chi connectivity index (χ3v) is 3.59. The van der Waals surface area contributed by atoms with Crippen LogP contribution in [0, 0.1) is 0 Å². The van der Waals surface area contributed by atoms with Gasteiger partial charge in [0, 0.05) is 11.1 Å². The zero-order chi connectivity index (χ0) is 15.4. The van der Waals surface area contributed by atoms with Crippen molar-refractivity contribution in [3.05, 3.63) is 57.9 Å². The van der Waals surface area contributed by atoms with Crippen molar-refractivity contribution in [2.75, 3.05) is 6.26 Å². The molecule has 1 aromatic carbocycles. The molecule has 6 heteroatoms. The summed E-state index contributed by atoms with van der Waals surface area (Å²) in [6.45, 7) is 3.69. The predicted octanol–water partition coefficient (Wildman–Crippen LogP) is 3.91. The maximum absolute atomic E-state index is 12.1. The quantitative estimate of drug-likeness (QED) is 0.687. The summed E-state index contributed by atoms with van der Waals surface area (Å²) < 4.78 is 5.30. The first kappa shape index (κ1) is 15.4. The van der Waals surface area contributed by atoms with Crippen molar-refractivity contribution < 1.29 is 4.42 Å². The average molecular weight is 321 g/mol. The van der Waals surface area contributed by atoms with Crippen molar-refractivity contribution in [3.63, 3.8) is 0 Å². The summed E-state index contributed by atoms with van der Waals surface area (Å²) in [6.07, 6.45) is 3.30. The van der Waals surface area contributed by atoms with Gasteiger partial charge in [-0.1, -0.05) is 48.2 Å². The van der Waals surface area contributed by atoms with Gasteiger partial charge in [-0.3, -0.25) is 0 Å². The zero-order valence-corrected chi connectivity index (χ0v) is 12.9. The van der Waals surface area contributed by atoms with Gasteiger partial charge in [-0.05, 0) is 24.5 Å². The van der Waals surface area contributed by atoms with Crippen LogP contribution in [0.25, 0.3) is 17.4 Å². The molecular formula is C15H13ClN2O2S. The first-order chi connectivity index (χ1) is 10.1. The number of aliphatic imine (C=N–C) groups is 1. The van der Waals surface area contributed by atoms with Crippen LogP contribution in [0.2, 0.25) is 5.02 Å². The lowest BCUT2D eigenvalue weighted by molar-refractivity contribution is 0.527. The van der Waals surface area contributed by atoms with E-state index in [1.807, 2.05) is 6.07 Å². The van der Waals surface area contributed by atoms with E-state index in [-0.39, 0.29) is 10.9 Å². The molecule has 0 radical (unpaired) electrons. The molecule has 2 N–H and O–H groups in total. The fourth-order valence-electron chi connectivity index (χ4n) is 1.72. The van der Waals surface area contributed by atoms with Crippen LogP contribution >= 0.6 is 23.4 Å². The number of thioether (sulfide) groups is 1. The van der Waals surface area contributed by atoms with Crippen LogP contribution in [-0.4, -0.2) is 11.4 Å². The molecule has 2 rings (SSSR count). The minimum atomic E-state index is -0.584. The first-order valence-electron chi connectivity index (χ1n) is 6.00. The van der Waals surface area contributed by atoms with Crippen molar-refractivity contribution in [3.8, 4) is 11.3 Å². The Morgan fingerprint density at radius 1 is 1.48 bits per heavy atom. The van der Waals surface area contributed by atoms with Gasteiger partial charge in [-0.2, -0.15) is 0 Å². The van der Waals surface area contributed by atoms with Gasteiger partial charge in [-0.15, -0.1) is 0 Å². The highest BCUT2D eigenvalue weighted by Crippen LogP contribution is 2.29. The summed E-state index contributed by atoms with van der Waals surface area (Å²) in [5.41, 5.74) is 6.37. The first-order valence-corrected chi connectivity index (χ1v) is 7.60. The number of benzene rings is 1. The second kappa shape index (κ2) is 6.65. The summed E-state index contributed by atoms with van der Waals surface area (Å²) >= 11 is 7.36. The number of nitrogens with two attached hydrogens (primary N) is 1. The van der Waals surface area contributed by atoms with Crippen molar-refractivity contribution in [2.24, 2.45) is 10.7 Å². The lowest BCUT2D eigenvalue weighted by atomic mass is 10.1. The molecule has 0 aliphatic carbocycles. The molecule has 0 aliphatic rings. The largest absolute Gasteiger partial charge is 0.421 e. The Kier molecular flexibility index (Phi) is 4.88. The summed E-state index contributed by atoms with van der Waals surface area (Å²) in [7, 11) is 0.